The number of hydroxylamine groups is 1. The first-order chi connectivity index (χ1) is 9.88. The molecule has 0 bridgehead atoms. The average Bonchev–Trinajstić information content (AvgIpc) is 3.04. The molecule has 1 fully saturated rings. The molecule has 2 amide bonds. The lowest BCUT2D eigenvalue weighted by atomic mass is 9.96. The van der Waals surface area contributed by atoms with Gasteiger partial charge in [-0.15, -0.1) is 0 Å². The van der Waals surface area contributed by atoms with Crippen molar-refractivity contribution in [1.82, 2.24) is 10.8 Å². The fraction of sp³-hybridized carbons (Fsp3) is 0.667. The lowest BCUT2D eigenvalue weighted by molar-refractivity contribution is -0.00253. The zero-order chi connectivity index (χ0) is 15.5. The standard InChI is InChI=1S/C15H24N2O4/c1-10-8-13(11(2)20-10)15(3,19)9-16-14(18)17-21-12-6-4-5-7-12/h8,12,19H,4-7,9H2,1-3H3,(H2,16,17,18). The maximum atomic E-state index is 11.7. The van der Waals surface area contributed by atoms with Crippen LogP contribution >= 0.6 is 0 Å². The molecule has 6 nitrogen and oxygen atoms in total. The van der Waals surface area contributed by atoms with E-state index < -0.39 is 11.6 Å². The number of amides is 2. The highest BCUT2D eigenvalue weighted by Crippen LogP contribution is 2.26. The van der Waals surface area contributed by atoms with Gasteiger partial charge in [-0.2, -0.15) is 0 Å². The van der Waals surface area contributed by atoms with E-state index in [4.69, 9.17) is 9.25 Å². The number of furan rings is 1. The first-order valence-electron chi connectivity index (χ1n) is 7.38. The van der Waals surface area contributed by atoms with Gasteiger partial charge in [0.2, 0.25) is 0 Å². The van der Waals surface area contributed by atoms with Gasteiger partial charge in [0, 0.05) is 5.56 Å². The molecule has 0 spiro atoms. The van der Waals surface area contributed by atoms with Crippen LogP contribution in [0.1, 0.15) is 49.7 Å². The SMILES string of the molecule is Cc1cc(C(C)(O)CNC(=O)NOC2CCCC2)c(C)o1. The third-order valence-corrected chi connectivity index (χ3v) is 3.83. The van der Waals surface area contributed by atoms with E-state index in [1.165, 1.54) is 0 Å². The van der Waals surface area contributed by atoms with Crippen molar-refractivity contribution >= 4 is 6.03 Å². The number of urea groups is 1. The van der Waals surface area contributed by atoms with Crippen LogP contribution < -0.4 is 10.8 Å². The van der Waals surface area contributed by atoms with Gasteiger partial charge in [-0.05, 0) is 39.7 Å². The molecule has 1 unspecified atom stereocenters. The summed E-state index contributed by atoms with van der Waals surface area (Å²) in [6.45, 7) is 5.33. The molecule has 1 aliphatic carbocycles. The van der Waals surface area contributed by atoms with Crippen LogP contribution in [0.25, 0.3) is 0 Å². The first kappa shape index (κ1) is 15.9. The normalized spacial score (nSPS) is 18.5. The Morgan fingerprint density at radius 1 is 1.48 bits per heavy atom. The Hall–Kier alpha value is -1.53. The number of nitrogens with one attached hydrogen (secondary N) is 2. The highest BCUT2D eigenvalue weighted by molar-refractivity contribution is 5.72. The molecule has 118 valence electrons. The maximum Gasteiger partial charge on any atom is 0.338 e. The van der Waals surface area contributed by atoms with Crippen LogP contribution in [0.15, 0.2) is 10.5 Å². The lowest BCUT2D eigenvalue weighted by Crippen LogP contribution is -2.44. The summed E-state index contributed by atoms with van der Waals surface area (Å²) in [4.78, 5) is 17.0. The highest BCUT2D eigenvalue weighted by atomic mass is 16.7. The van der Waals surface area contributed by atoms with Gasteiger partial charge < -0.3 is 14.8 Å². The number of carbonyl (C=O) groups is 1. The van der Waals surface area contributed by atoms with Crippen molar-refractivity contribution in [3.8, 4) is 0 Å². The van der Waals surface area contributed by atoms with Gasteiger partial charge in [0.15, 0.2) is 0 Å². The molecule has 0 saturated heterocycles. The summed E-state index contributed by atoms with van der Waals surface area (Å²) in [6.07, 6.45) is 4.34. The van der Waals surface area contributed by atoms with Crippen LogP contribution in [0, 0.1) is 13.8 Å². The third-order valence-electron chi connectivity index (χ3n) is 3.83. The minimum absolute atomic E-state index is 0.0761. The number of aryl methyl sites for hydroxylation is 2. The van der Waals surface area contributed by atoms with Crippen molar-refractivity contribution in [2.24, 2.45) is 0 Å². The minimum atomic E-state index is -1.19. The molecule has 1 aromatic rings. The molecule has 2 rings (SSSR count). The number of rotatable bonds is 5. The number of hydrogen-bond donors (Lipinski definition) is 3. The van der Waals surface area contributed by atoms with Crippen molar-refractivity contribution < 1.29 is 19.2 Å². The van der Waals surface area contributed by atoms with Gasteiger partial charge in [0.05, 0.1) is 12.6 Å². The monoisotopic (exact) mass is 296 g/mol. The fourth-order valence-corrected chi connectivity index (χ4v) is 2.69. The summed E-state index contributed by atoms with van der Waals surface area (Å²) in [5, 5.41) is 13.1. The molecule has 3 N–H and O–H groups in total. The smallest absolute Gasteiger partial charge is 0.338 e. The van der Waals surface area contributed by atoms with Gasteiger partial charge in [0.25, 0.3) is 0 Å². The summed E-state index contributed by atoms with van der Waals surface area (Å²) in [7, 11) is 0. The number of aliphatic hydroxyl groups is 1. The summed E-state index contributed by atoms with van der Waals surface area (Å²) in [5.41, 5.74) is 1.87. The molecule has 6 heteroatoms. The summed E-state index contributed by atoms with van der Waals surface area (Å²) in [6, 6.07) is 1.34. The molecule has 21 heavy (non-hydrogen) atoms. The van der Waals surface area contributed by atoms with Gasteiger partial charge in [-0.3, -0.25) is 4.84 Å². The molecule has 1 heterocycles. The van der Waals surface area contributed by atoms with Crippen LogP contribution in [0.5, 0.6) is 0 Å². The Labute approximate surface area is 124 Å². The second-order valence-corrected chi connectivity index (χ2v) is 5.91. The van der Waals surface area contributed by atoms with Crippen LogP contribution in [-0.2, 0) is 10.4 Å². The van der Waals surface area contributed by atoms with Crippen LogP contribution in [0.4, 0.5) is 4.79 Å². The third kappa shape index (κ3) is 4.22. The topological polar surface area (TPSA) is 83.7 Å². The van der Waals surface area contributed by atoms with E-state index in [0.29, 0.717) is 11.3 Å². The highest BCUT2D eigenvalue weighted by Gasteiger charge is 2.28. The molecule has 0 radical (unpaired) electrons. The van der Waals surface area contributed by atoms with Gasteiger partial charge in [0.1, 0.15) is 17.1 Å². The summed E-state index contributed by atoms with van der Waals surface area (Å²) < 4.78 is 5.41. The van der Waals surface area contributed by atoms with E-state index in [9.17, 15) is 9.90 Å². The fourth-order valence-electron chi connectivity index (χ4n) is 2.69. The zero-order valence-electron chi connectivity index (χ0n) is 12.9. The van der Waals surface area contributed by atoms with Gasteiger partial charge in [-0.1, -0.05) is 12.8 Å². The van der Waals surface area contributed by atoms with Crippen molar-refractivity contribution in [2.75, 3.05) is 6.54 Å². The number of carbonyl (C=O) groups excluding carboxylic acids is 1. The van der Waals surface area contributed by atoms with Gasteiger partial charge >= 0.3 is 6.03 Å². The molecular weight excluding hydrogens is 272 g/mol. The van der Waals surface area contributed by atoms with Crippen LogP contribution in [0.3, 0.4) is 0 Å². The average molecular weight is 296 g/mol. The van der Waals surface area contributed by atoms with Crippen LogP contribution in [0.2, 0.25) is 0 Å². The molecule has 0 aromatic carbocycles. The van der Waals surface area contributed by atoms with E-state index in [2.05, 4.69) is 10.8 Å². The number of hydrogen-bond acceptors (Lipinski definition) is 4. The maximum absolute atomic E-state index is 11.7. The first-order valence-corrected chi connectivity index (χ1v) is 7.38. The molecule has 1 aromatic heterocycles. The van der Waals surface area contributed by atoms with E-state index in [-0.39, 0.29) is 12.6 Å². The molecule has 1 aliphatic rings. The van der Waals surface area contributed by atoms with E-state index in [1.54, 1.807) is 19.9 Å². The van der Waals surface area contributed by atoms with Crippen LogP contribution in [-0.4, -0.2) is 23.8 Å². The Bertz CT molecular complexity index is 490. The van der Waals surface area contributed by atoms with Crippen molar-refractivity contribution in [3.05, 3.63) is 23.2 Å². The summed E-state index contributed by atoms with van der Waals surface area (Å²) in [5.74, 6) is 1.39. The molecule has 1 saturated carbocycles. The predicted molar refractivity (Wildman–Crippen MR) is 77.6 cm³/mol. The zero-order valence-corrected chi connectivity index (χ0v) is 12.9. The van der Waals surface area contributed by atoms with Crippen molar-refractivity contribution in [1.29, 1.82) is 0 Å². The predicted octanol–water partition coefficient (Wildman–Crippen LogP) is 2.28. The largest absolute Gasteiger partial charge is 0.466 e. The van der Waals surface area contributed by atoms with E-state index in [1.807, 2.05) is 6.92 Å². The Morgan fingerprint density at radius 2 is 2.14 bits per heavy atom. The van der Waals surface area contributed by atoms with Crippen molar-refractivity contribution in [2.45, 2.75) is 58.2 Å². The minimum Gasteiger partial charge on any atom is -0.466 e. The lowest BCUT2D eigenvalue weighted by Gasteiger charge is -2.23. The molecular formula is C15H24N2O4. The van der Waals surface area contributed by atoms with E-state index >= 15 is 0 Å². The second-order valence-electron chi connectivity index (χ2n) is 5.91. The Kier molecular flexibility index (Phi) is 4.90. The summed E-state index contributed by atoms with van der Waals surface area (Å²) >= 11 is 0. The molecule has 1 atom stereocenters. The second kappa shape index (κ2) is 6.49. The quantitative estimate of drug-likeness (QED) is 0.728. The van der Waals surface area contributed by atoms with Gasteiger partial charge in [-0.25, -0.2) is 10.3 Å². The van der Waals surface area contributed by atoms with Crippen molar-refractivity contribution in [3.63, 3.8) is 0 Å². The Balaban J connectivity index is 1.80. The van der Waals surface area contributed by atoms with E-state index in [0.717, 1.165) is 31.4 Å². The molecule has 0 aliphatic heterocycles. The Morgan fingerprint density at radius 3 is 2.71 bits per heavy atom.